The highest BCUT2D eigenvalue weighted by atomic mass is 16.5. The molecule has 25 heavy (non-hydrogen) atoms. The van der Waals surface area contributed by atoms with E-state index in [1.54, 1.807) is 20.1 Å². The molecule has 0 aliphatic heterocycles. The number of ether oxygens (including phenoxy) is 3. The molecule has 1 N–H and O–H groups in total. The number of aliphatic hydroxyl groups is 1. The average Bonchev–Trinajstić information content (AvgIpc) is 2.62. The van der Waals surface area contributed by atoms with Crippen molar-refractivity contribution < 1.29 is 24.1 Å². The van der Waals surface area contributed by atoms with Gasteiger partial charge in [0.05, 0.1) is 7.11 Å². The van der Waals surface area contributed by atoms with Crippen LogP contribution >= 0.6 is 0 Å². The minimum absolute atomic E-state index is 0.0753. The molecular formula is C20H32O5. The zero-order valence-electron chi connectivity index (χ0n) is 16.3. The van der Waals surface area contributed by atoms with E-state index in [9.17, 15) is 9.90 Å². The van der Waals surface area contributed by atoms with Gasteiger partial charge in [-0.15, -0.1) is 0 Å². The highest BCUT2D eigenvalue weighted by Crippen LogP contribution is 2.50. The molecule has 1 aliphatic carbocycles. The number of hydrogen-bond donors (Lipinski definition) is 1. The molecule has 0 saturated heterocycles. The van der Waals surface area contributed by atoms with Crippen molar-refractivity contribution in [2.24, 2.45) is 5.41 Å². The minimum Gasteiger partial charge on any atom is -0.498 e. The van der Waals surface area contributed by atoms with Gasteiger partial charge in [0, 0.05) is 18.1 Å². The fourth-order valence-electron chi connectivity index (χ4n) is 3.72. The van der Waals surface area contributed by atoms with Gasteiger partial charge >= 0.3 is 5.97 Å². The molecule has 5 nitrogen and oxygen atoms in total. The highest BCUT2D eigenvalue weighted by molar-refractivity contribution is 5.87. The van der Waals surface area contributed by atoms with Gasteiger partial charge in [-0.2, -0.15) is 0 Å². The molecule has 0 amide bonds. The van der Waals surface area contributed by atoms with Gasteiger partial charge in [-0.1, -0.05) is 27.4 Å². The first-order valence-electron chi connectivity index (χ1n) is 8.80. The maximum Gasteiger partial charge on any atom is 0.333 e. The summed E-state index contributed by atoms with van der Waals surface area (Å²) in [6, 6.07) is 0. The molecule has 0 bridgehead atoms. The number of carbonyl (C=O) groups excluding carboxylic acids is 1. The lowest BCUT2D eigenvalue weighted by Crippen LogP contribution is -2.58. The van der Waals surface area contributed by atoms with E-state index in [-0.39, 0.29) is 12.0 Å². The van der Waals surface area contributed by atoms with Crippen LogP contribution < -0.4 is 0 Å². The third kappa shape index (κ3) is 3.82. The molecule has 1 aliphatic rings. The predicted molar refractivity (Wildman–Crippen MR) is 98.0 cm³/mol. The summed E-state index contributed by atoms with van der Waals surface area (Å²) in [6.07, 6.45) is 5.31. The number of rotatable bonds is 9. The third-order valence-electron chi connectivity index (χ3n) is 5.50. The Hall–Kier alpha value is -1.59. The van der Waals surface area contributed by atoms with E-state index in [0.717, 1.165) is 24.8 Å². The normalized spacial score (nSPS) is 23.6. The molecule has 0 radical (unpaired) electrons. The Morgan fingerprint density at radius 2 is 1.84 bits per heavy atom. The lowest BCUT2D eigenvalue weighted by molar-refractivity contribution is -0.158. The van der Waals surface area contributed by atoms with Crippen LogP contribution in [0.1, 0.15) is 47.0 Å². The summed E-state index contributed by atoms with van der Waals surface area (Å²) in [6.45, 7) is 11.5. The standard InChI is InChI=1S/C20H32O5/c1-8-19(9-2,10-3)20(22)16(23-6)11-15(12-17(20)24-7)13-25-18(21)14(4)5/h11-12,16,22H,4,8-10,13H2,1-3,5-7H3. The molecule has 5 heteroatoms. The molecule has 0 fully saturated rings. The molecule has 0 saturated carbocycles. The molecule has 1 rings (SSSR count). The highest BCUT2D eigenvalue weighted by Gasteiger charge is 2.56. The SMILES string of the molecule is C=C(C)C(=O)OCC1=CC(OC)C(O)(C(CC)(CC)CC)C(OC)=C1. The summed E-state index contributed by atoms with van der Waals surface area (Å²) in [4.78, 5) is 11.6. The predicted octanol–water partition coefficient (Wildman–Crippen LogP) is 3.54. The van der Waals surface area contributed by atoms with Crippen LogP contribution in [-0.4, -0.2) is 43.6 Å². The minimum atomic E-state index is -1.28. The number of esters is 1. The van der Waals surface area contributed by atoms with Crippen LogP contribution in [0.15, 0.2) is 35.6 Å². The number of hydrogen-bond acceptors (Lipinski definition) is 5. The fraction of sp³-hybridized carbons (Fsp3) is 0.650. The molecule has 0 spiro atoms. The van der Waals surface area contributed by atoms with E-state index in [0.29, 0.717) is 11.3 Å². The quantitative estimate of drug-likeness (QED) is 0.508. The van der Waals surface area contributed by atoms with E-state index >= 15 is 0 Å². The van der Waals surface area contributed by atoms with Crippen LogP contribution in [0.3, 0.4) is 0 Å². The molecule has 0 aromatic carbocycles. The summed E-state index contributed by atoms with van der Waals surface area (Å²) in [5.41, 5.74) is -0.600. The summed E-state index contributed by atoms with van der Waals surface area (Å²) >= 11 is 0. The van der Waals surface area contributed by atoms with Crippen LogP contribution in [0.25, 0.3) is 0 Å². The van der Waals surface area contributed by atoms with E-state index in [2.05, 4.69) is 27.4 Å². The summed E-state index contributed by atoms with van der Waals surface area (Å²) < 4.78 is 16.4. The van der Waals surface area contributed by atoms with Crippen molar-refractivity contribution in [1.82, 2.24) is 0 Å². The monoisotopic (exact) mass is 352 g/mol. The Balaban J connectivity index is 3.26. The number of methoxy groups -OCH3 is 2. The number of carbonyl (C=O) groups is 1. The molecule has 0 heterocycles. The molecule has 0 aromatic rings. The molecule has 2 unspecified atom stereocenters. The van der Waals surface area contributed by atoms with Gasteiger partial charge in [-0.25, -0.2) is 4.79 Å². The maximum atomic E-state index is 11.7. The molecule has 0 aromatic heterocycles. The maximum absolute atomic E-state index is 11.7. The zero-order chi connectivity index (χ0) is 19.3. The lowest BCUT2D eigenvalue weighted by Gasteiger charge is -2.51. The van der Waals surface area contributed by atoms with Crippen molar-refractivity contribution in [2.45, 2.75) is 58.7 Å². The van der Waals surface area contributed by atoms with Gasteiger partial charge in [-0.05, 0) is 43.9 Å². The first-order valence-corrected chi connectivity index (χ1v) is 8.80. The largest absolute Gasteiger partial charge is 0.498 e. The van der Waals surface area contributed by atoms with Crippen molar-refractivity contribution >= 4 is 5.97 Å². The van der Waals surface area contributed by atoms with Gasteiger partial charge in [0.15, 0.2) is 5.60 Å². The Bertz CT molecular complexity index is 548. The average molecular weight is 352 g/mol. The smallest absolute Gasteiger partial charge is 0.333 e. The van der Waals surface area contributed by atoms with Crippen molar-refractivity contribution in [3.8, 4) is 0 Å². The van der Waals surface area contributed by atoms with Gasteiger partial charge in [-0.3, -0.25) is 0 Å². The second kappa shape index (κ2) is 8.68. The van der Waals surface area contributed by atoms with Crippen molar-refractivity contribution in [3.63, 3.8) is 0 Å². The zero-order valence-corrected chi connectivity index (χ0v) is 16.3. The Kier molecular flexibility index (Phi) is 7.44. The van der Waals surface area contributed by atoms with E-state index in [4.69, 9.17) is 14.2 Å². The second-order valence-corrected chi connectivity index (χ2v) is 6.57. The van der Waals surface area contributed by atoms with Crippen molar-refractivity contribution in [2.75, 3.05) is 20.8 Å². The van der Waals surface area contributed by atoms with Gasteiger partial charge in [0.2, 0.25) is 0 Å². The lowest BCUT2D eigenvalue weighted by atomic mass is 9.61. The van der Waals surface area contributed by atoms with Crippen LogP contribution in [0.5, 0.6) is 0 Å². The molecule has 2 atom stereocenters. The fourth-order valence-corrected chi connectivity index (χ4v) is 3.72. The topological polar surface area (TPSA) is 65.0 Å². The summed E-state index contributed by atoms with van der Waals surface area (Å²) in [5.74, 6) is -0.0122. The second-order valence-electron chi connectivity index (χ2n) is 6.57. The van der Waals surface area contributed by atoms with Gasteiger partial charge in [0.25, 0.3) is 0 Å². The van der Waals surface area contributed by atoms with E-state index in [1.165, 1.54) is 7.11 Å². The molecule has 142 valence electrons. The van der Waals surface area contributed by atoms with Crippen LogP contribution in [0.4, 0.5) is 0 Å². The van der Waals surface area contributed by atoms with E-state index in [1.807, 2.05) is 6.08 Å². The first kappa shape index (κ1) is 21.5. The van der Waals surface area contributed by atoms with E-state index < -0.39 is 17.7 Å². The Labute approximate surface area is 151 Å². The first-order chi connectivity index (χ1) is 11.8. The summed E-state index contributed by atoms with van der Waals surface area (Å²) in [5, 5.41) is 11.7. The third-order valence-corrected chi connectivity index (χ3v) is 5.50. The van der Waals surface area contributed by atoms with Crippen molar-refractivity contribution in [1.29, 1.82) is 0 Å². The van der Waals surface area contributed by atoms with Crippen LogP contribution in [0.2, 0.25) is 0 Å². The van der Waals surface area contributed by atoms with Crippen LogP contribution in [0, 0.1) is 5.41 Å². The Morgan fingerprint density at radius 3 is 2.24 bits per heavy atom. The Morgan fingerprint density at radius 1 is 1.28 bits per heavy atom. The van der Waals surface area contributed by atoms with Gasteiger partial charge < -0.3 is 19.3 Å². The van der Waals surface area contributed by atoms with Crippen LogP contribution in [-0.2, 0) is 19.0 Å². The van der Waals surface area contributed by atoms with Crippen molar-refractivity contribution in [3.05, 3.63) is 35.6 Å². The van der Waals surface area contributed by atoms with Gasteiger partial charge in [0.1, 0.15) is 18.5 Å². The molecular weight excluding hydrogens is 320 g/mol. The summed E-state index contributed by atoms with van der Waals surface area (Å²) in [7, 11) is 3.10.